The van der Waals surface area contributed by atoms with Gasteiger partial charge in [-0.05, 0) is 145 Å². The van der Waals surface area contributed by atoms with Crippen LogP contribution in [0.2, 0.25) is 0 Å². The second kappa shape index (κ2) is 16.7. The number of rotatable bonds is 8. The van der Waals surface area contributed by atoms with Crippen LogP contribution in [0, 0.1) is 0 Å². The molecular weight excluding hydrogens is 861 g/mol. The molecule has 0 radical (unpaired) electrons. The van der Waals surface area contributed by atoms with Crippen molar-refractivity contribution in [3.63, 3.8) is 0 Å². The molecule has 0 N–H and O–H groups in total. The maximum atomic E-state index is 6.28. The van der Waals surface area contributed by atoms with Gasteiger partial charge in [0.15, 0.2) is 0 Å². The normalized spacial score (nSPS) is 11.7. The molecule has 12 aromatic carbocycles. The van der Waals surface area contributed by atoms with E-state index in [0.29, 0.717) is 0 Å². The second-order valence-corrected chi connectivity index (χ2v) is 18.5. The quantitative estimate of drug-likeness (QED) is 0.142. The first kappa shape index (κ1) is 40.6. The van der Waals surface area contributed by atoms with E-state index < -0.39 is 0 Å². The van der Waals surface area contributed by atoms with Crippen molar-refractivity contribution in [1.29, 1.82) is 0 Å². The first-order valence-electron chi connectivity index (χ1n) is 24.3. The van der Waals surface area contributed by atoms with Gasteiger partial charge in [0.1, 0.15) is 11.2 Å². The third-order valence-electron chi connectivity index (χ3n) is 14.4. The van der Waals surface area contributed by atoms with Gasteiger partial charge >= 0.3 is 0 Å². The van der Waals surface area contributed by atoms with Crippen LogP contribution in [0.25, 0.3) is 115 Å². The molecule has 3 nitrogen and oxygen atoms in total. The van der Waals surface area contributed by atoms with Crippen molar-refractivity contribution in [3.8, 4) is 50.2 Å². The third kappa shape index (κ3) is 6.97. The molecule has 2 aromatic heterocycles. The Bertz CT molecular complexity index is 4280. The van der Waals surface area contributed by atoms with E-state index in [-0.39, 0.29) is 0 Å². The van der Waals surface area contributed by atoms with Crippen molar-refractivity contribution in [1.82, 2.24) is 4.57 Å². The van der Waals surface area contributed by atoms with E-state index in [0.717, 1.165) is 66.9 Å². The van der Waals surface area contributed by atoms with Gasteiger partial charge in [0, 0.05) is 44.3 Å². The molecule has 0 atom stereocenters. The number of furan rings is 1. The molecule has 3 heteroatoms. The van der Waals surface area contributed by atoms with Crippen LogP contribution >= 0.6 is 0 Å². The number of anilines is 3. The van der Waals surface area contributed by atoms with Gasteiger partial charge < -0.3 is 13.9 Å². The summed E-state index contributed by atoms with van der Waals surface area (Å²) in [5.74, 6) is 0. The molecule has 2 heterocycles. The van der Waals surface area contributed by atoms with Crippen molar-refractivity contribution in [2.24, 2.45) is 0 Å². The number of fused-ring (bicyclic) bond motifs is 9. The van der Waals surface area contributed by atoms with Crippen molar-refractivity contribution < 1.29 is 4.42 Å². The van der Waals surface area contributed by atoms with Gasteiger partial charge in [0.2, 0.25) is 0 Å². The number of aromatic nitrogens is 1. The summed E-state index contributed by atoms with van der Waals surface area (Å²) in [4.78, 5) is 2.37. The summed E-state index contributed by atoms with van der Waals surface area (Å²) in [5, 5.41) is 9.83. The lowest BCUT2D eigenvalue weighted by molar-refractivity contribution is 0.669. The fourth-order valence-corrected chi connectivity index (χ4v) is 11.0. The summed E-state index contributed by atoms with van der Waals surface area (Å²) in [7, 11) is 0. The van der Waals surface area contributed by atoms with E-state index in [1.165, 1.54) is 65.6 Å². The predicted octanol–water partition coefficient (Wildman–Crippen LogP) is 19.1. The van der Waals surface area contributed by atoms with Gasteiger partial charge in [-0.25, -0.2) is 0 Å². The Kier molecular flexibility index (Phi) is 9.53. The molecule has 0 fully saturated rings. The molecule has 14 rings (SSSR count). The zero-order valence-electron chi connectivity index (χ0n) is 38.7. The van der Waals surface area contributed by atoms with Gasteiger partial charge in [0.05, 0.1) is 11.0 Å². The molecule has 0 aliphatic heterocycles. The van der Waals surface area contributed by atoms with Crippen LogP contribution in [0.3, 0.4) is 0 Å². The number of nitrogens with zero attached hydrogens (tertiary/aromatic N) is 2. The minimum Gasteiger partial charge on any atom is -0.456 e. The Labute approximate surface area is 411 Å². The molecule has 71 heavy (non-hydrogen) atoms. The number of para-hydroxylation sites is 3. The maximum absolute atomic E-state index is 6.28. The molecule has 0 aliphatic carbocycles. The molecule has 0 unspecified atom stereocenters. The van der Waals surface area contributed by atoms with Gasteiger partial charge in [-0.15, -0.1) is 0 Å². The molecule has 0 aliphatic rings. The molecule has 332 valence electrons. The van der Waals surface area contributed by atoms with Crippen LogP contribution in [0.5, 0.6) is 0 Å². The first-order chi connectivity index (χ1) is 35.2. The predicted molar refractivity (Wildman–Crippen MR) is 299 cm³/mol. The molecule has 0 spiro atoms. The highest BCUT2D eigenvalue weighted by molar-refractivity contribution is 6.13. The smallest absolute Gasteiger partial charge is 0.136 e. The average molecular weight is 905 g/mol. The van der Waals surface area contributed by atoms with Crippen LogP contribution in [-0.4, -0.2) is 4.57 Å². The highest BCUT2D eigenvalue weighted by Gasteiger charge is 2.18. The highest BCUT2D eigenvalue weighted by atomic mass is 16.3. The van der Waals surface area contributed by atoms with E-state index in [2.05, 4.69) is 264 Å². The minimum absolute atomic E-state index is 0.896. The SMILES string of the molecule is c1cc(-c2ccc3c(ccc4ccccc43)c2)cc(N(c2ccc(-c3ccc(-c4cccc(-n5c6ccccc6c6ccccc65)c4)cc3)cc2)c2ccc(-c3cccc4oc5ccccc5c34)cc2)c1. The van der Waals surface area contributed by atoms with Gasteiger partial charge in [0.25, 0.3) is 0 Å². The molecule has 14 aromatic rings. The van der Waals surface area contributed by atoms with Gasteiger partial charge in [-0.3, -0.25) is 0 Å². The summed E-state index contributed by atoms with van der Waals surface area (Å²) in [5.41, 5.74) is 17.9. The zero-order chi connectivity index (χ0) is 46.8. The monoisotopic (exact) mass is 904 g/mol. The van der Waals surface area contributed by atoms with E-state index in [9.17, 15) is 0 Å². The van der Waals surface area contributed by atoms with Crippen LogP contribution in [0.4, 0.5) is 17.1 Å². The van der Waals surface area contributed by atoms with Crippen molar-refractivity contribution >= 4 is 82.4 Å². The molecule has 0 bridgehead atoms. The number of hydrogen-bond donors (Lipinski definition) is 0. The minimum atomic E-state index is 0.896. The fraction of sp³-hybridized carbons (Fsp3) is 0. The van der Waals surface area contributed by atoms with Gasteiger partial charge in [-0.2, -0.15) is 0 Å². The lowest BCUT2D eigenvalue weighted by atomic mass is 9.97. The standard InChI is InChI=1S/C68H44N2O/c1-2-17-58-48(12-1)30-31-53-42-52(36-41-59(53)58)51-14-10-15-56(44-51)69(55-39-34-49(35-40-55)60-21-11-25-67-68(60)63-20-5-8-24-66(63)71-67)54-37-32-46(33-38-54)45-26-28-47(29-27-45)50-13-9-16-57(43-50)70-64-22-6-3-18-61(64)62-19-4-7-23-65(62)70/h1-44H. The topological polar surface area (TPSA) is 21.3 Å². The van der Waals surface area contributed by atoms with Crippen LogP contribution < -0.4 is 4.90 Å². The summed E-state index contributed by atoms with van der Waals surface area (Å²) < 4.78 is 8.66. The molecule has 0 amide bonds. The van der Waals surface area contributed by atoms with Crippen LogP contribution in [-0.2, 0) is 0 Å². The van der Waals surface area contributed by atoms with E-state index in [1.807, 2.05) is 12.1 Å². The lowest BCUT2D eigenvalue weighted by Crippen LogP contribution is -2.10. The molecular formula is C68H44N2O. The largest absolute Gasteiger partial charge is 0.456 e. The van der Waals surface area contributed by atoms with E-state index in [1.54, 1.807) is 0 Å². The third-order valence-corrected chi connectivity index (χ3v) is 14.4. The number of hydrogen-bond acceptors (Lipinski definition) is 2. The maximum Gasteiger partial charge on any atom is 0.136 e. The summed E-state index contributed by atoms with van der Waals surface area (Å²) in [6, 6.07) is 96.7. The fourth-order valence-electron chi connectivity index (χ4n) is 11.0. The van der Waals surface area contributed by atoms with Crippen molar-refractivity contribution in [2.45, 2.75) is 0 Å². The second-order valence-electron chi connectivity index (χ2n) is 18.5. The summed E-state index contributed by atoms with van der Waals surface area (Å²) >= 11 is 0. The Balaban J connectivity index is 0.814. The number of benzene rings is 12. The van der Waals surface area contributed by atoms with Crippen molar-refractivity contribution in [3.05, 3.63) is 267 Å². The summed E-state index contributed by atoms with van der Waals surface area (Å²) in [6.45, 7) is 0. The van der Waals surface area contributed by atoms with Crippen LogP contribution in [0.1, 0.15) is 0 Å². The molecule has 0 saturated carbocycles. The van der Waals surface area contributed by atoms with Gasteiger partial charge in [-0.1, -0.05) is 188 Å². The van der Waals surface area contributed by atoms with E-state index in [4.69, 9.17) is 4.42 Å². The Morgan fingerprint density at radius 3 is 1.52 bits per heavy atom. The highest BCUT2D eigenvalue weighted by Crippen LogP contribution is 2.42. The Hall–Kier alpha value is -9.44. The Morgan fingerprint density at radius 2 is 0.789 bits per heavy atom. The van der Waals surface area contributed by atoms with Crippen LogP contribution in [0.15, 0.2) is 271 Å². The Morgan fingerprint density at radius 1 is 0.282 bits per heavy atom. The zero-order valence-corrected chi connectivity index (χ0v) is 38.7. The first-order valence-corrected chi connectivity index (χ1v) is 24.3. The van der Waals surface area contributed by atoms with E-state index >= 15 is 0 Å². The molecule has 0 saturated heterocycles. The average Bonchev–Trinajstić information content (AvgIpc) is 4.00. The lowest BCUT2D eigenvalue weighted by Gasteiger charge is -2.26. The summed E-state index contributed by atoms with van der Waals surface area (Å²) in [6.07, 6.45) is 0. The van der Waals surface area contributed by atoms with Crippen molar-refractivity contribution in [2.75, 3.05) is 4.90 Å².